The lowest BCUT2D eigenvalue weighted by Crippen LogP contribution is -2.72. The number of fused-ring (bicyclic) bond motifs is 12. The third kappa shape index (κ3) is 3.14. The van der Waals surface area contributed by atoms with Crippen LogP contribution in [0, 0.1) is 0 Å². The summed E-state index contributed by atoms with van der Waals surface area (Å²) in [5.41, 5.74) is 21.6. The molecule has 2 atom stereocenters. The number of hydrogen-bond acceptors (Lipinski definition) is 2. The van der Waals surface area contributed by atoms with Crippen molar-refractivity contribution in [2.75, 3.05) is 9.80 Å². The van der Waals surface area contributed by atoms with Crippen LogP contribution < -0.4 is 14.4 Å². The Labute approximate surface area is 298 Å². The molecule has 4 aliphatic heterocycles. The highest BCUT2D eigenvalue weighted by atomic mass is 15.5. The largest absolute Gasteiger partial charge is 0.313 e. The van der Waals surface area contributed by atoms with Crippen LogP contribution in [0.2, 0.25) is 0 Å². The van der Waals surface area contributed by atoms with Crippen LogP contribution in [0.5, 0.6) is 0 Å². The van der Waals surface area contributed by atoms with Gasteiger partial charge in [0.25, 0.3) is 5.82 Å². The molecule has 7 aromatic rings. The molecule has 1 aromatic heterocycles. The second-order valence-electron chi connectivity index (χ2n) is 15.9. The molecule has 5 aliphatic rings. The fourth-order valence-corrected chi connectivity index (χ4v) is 10.9. The van der Waals surface area contributed by atoms with Crippen molar-refractivity contribution in [2.45, 2.75) is 64.1 Å². The molecule has 6 aromatic carbocycles. The Bertz CT molecular complexity index is 2670. The summed E-state index contributed by atoms with van der Waals surface area (Å²) < 4.78 is 5.52. The van der Waals surface area contributed by atoms with Crippen molar-refractivity contribution in [1.82, 2.24) is 4.57 Å². The van der Waals surface area contributed by atoms with Crippen molar-refractivity contribution in [3.05, 3.63) is 155 Å². The van der Waals surface area contributed by atoms with Gasteiger partial charge in [-0.2, -0.15) is 4.57 Å². The number of benzene rings is 6. The zero-order valence-corrected chi connectivity index (χ0v) is 29.5. The second-order valence-corrected chi connectivity index (χ2v) is 15.9. The van der Waals surface area contributed by atoms with E-state index in [1.807, 2.05) is 0 Å². The van der Waals surface area contributed by atoms with Gasteiger partial charge in [0, 0.05) is 29.5 Å². The Morgan fingerprint density at radius 3 is 2.00 bits per heavy atom. The third-order valence-corrected chi connectivity index (χ3v) is 12.8. The molecule has 51 heavy (non-hydrogen) atoms. The predicted octanol–water partition coefficient (Wildman–Crippen LogP) is 10.6. The molecule has 0 radical (unpaired) electrons. The summed E-state index contributed by atoms with van der Waals surface area (Å²) in [5, 5.41) is 0. The Kier molecular flexibility index (Phi) is 5.17. The number of aromatic nitrogens is 2. The number of para-hydroxylation sites is 4. The Morgan fingerprint density at radius 1 is 0.588 bits per heavy atom. The lowest BCUT2D eigenvalue weighted by molar-refractivity contribution is -0.726. The summed E-state index contributed by atoms with van der Waals surface area (Å²) in [6.45, 7) is 9.40. The molecule has 5 heterocycles. The van der Waals surface area contributed by atoms with Crippen LogP contribution in [-0.2, 0) is 18.4 Å². The fraction of sp³-hybridized carbons (Fsp3) is 0.213. The van der Waals surface area contributed by atoms with E-state index >= 15 is 0 Å². The molecule has 0 bridgehead atoms. The van der Waals surface area contributed by atoms with E-state index in [4.69, 9.17) is 0 Å². The van der Waals surface area contributed by atoms with E-state index < -0.39 is 0 Å². The monoisotopic (exact) mass is 659 g/mol. The van der Waals surface area contributed by atoms with Gasteiger partial charge in [-0.15, -0.1) is 0 Å². The average molecular weight is 660 g/mol. The molecule has 1 aliphatic carbocycles. The van der Waals surface area contributed by atoms with Gasteiger partial charge < -0.3 is 9.80 Å². The molecular weight excluding hydrogens is 621 g/mol. The van der Waals surface area contributed by atoms with E-state index in [2.05, 4.69) is 168 Å². The summed E-state index contributed by atoms with van der Waals surface area (Å²) in [5.74, 6) is 2.06. The number of nitrogens with zero attached hydrogens (tertiary/aromatic N) is 4. The van der Waals surface area contributed by atoms with Crippen molar-refractivity contribution in [3.63, 3.8) is 0 Å². The number of hydrogen-bond donors (Lipinski definition) is 0. The van der Waals surface area contributed by atoms with Gasteiger partial charge in [0.15, 0.2) is 22.7 Å². The maximum atomic E-state index is 2.83. The highest BCUT2D eigenvalue weighted by molar-refractivity contribution is 6.03. The first-order valence-corrected chi connectivity index (χ1v) is 18.7. The molecule has 2 unspecified atom stereocenters. The van der Waals surface area contributed by atoms with Gasteiger partial charge in [0.1, 0.15) is 5.69 Å². The molecule has 4 heteroatoms. The van der Waals surface area contributed by atoms with Gasteiger partial charge in [-0.1, -0.05) is 119 Å². The second kappa shape index (κ2) is 9.38. The van der Waals surface area contributed by atoms with Crippen LogP contribution in [0.15, 0.2) is 121 Å². The molecule has 0 fully saturated rings. The lowest BCUT2D eigenvalue weighted by atomic mass is 9.76. The highest BCUT2D eigenvalue weighted by Crippen LogP contribution is 2.65. The van der Waals surface area contributed by atoms with Crippen molar-refractivity contribution in [1.29, 1.82) is 0 Å². The van der Waals surface area contributed by atoms with Crippen molar-refractivity contribution in [3.8, 4) is 28.2 Å². The van der Waals surface area contributed by atoms with Crippen LogP contribution in [0.4, 0.5) is 22.7 Å². The Hall–Kier alpha value is -5.61. The molecule has 0 N–H and O–H groups in total. The van der Waals surface area contributed by atoms with Crippen LogP contribution >= 0.6 is 0 Å². The number of anilines is 4. The van der Waals surface area contributed by atoms with Crippen LogP contribution in [-0.4, -0.2) is 10.7 Å². The molecule has 0 amide bonds. The lowest BCUT2D eigenvalue weighted by Gasteiger charge is -2.44. The summed E-state index contributed by atoms with van der Waals surface area (Å²) in [6.07, 6.45) is 1.96. The molecule has 0 saturated carbocycles. The number of imidazole rings is 1. The van der Waals surface area contributed by atoms with E-state index in [-0.39, 0.29) is 11.7 Å². The van der Waals surface area contributed by atoms with E-state index in [1.54, 1.807) is 0 Å². The van der Waals surface area contributed by atoms with Crippen molar-refractivity contribution in [2.24, 2.45) is 0 Å². The SMILES string of the molecule is CC(C)c1cccc(C(C)C)c1-n1c2[n+]3c4c(cccc41)N1c4ccccc4N4c5c(ccc6c5Cc5ccccc5-6)C3(Cc3ccccc3-2)C41. The molecule has 246 valence electrons. The van der Waals surface area contributed by atoms with Gasteiger partial charge >= 0.3 is 0 Å². The van der Waals surface area contributed by atoms with Gasteiger partial charge in [-0.3, -0.25) is 0 Å². The van der Waals surface area contributed by atoms with E-state index in [0.29, 0.717) is 11.8 Å². The third-order valence-electron chi connectivity index (χ3n) is 12.8. The van der Waals surface area contributed by atoms with E-state index in [9.17, 15) is 0 Å². The van der Waals surface area contributed by atoms with Crippen LogP contribution in [0.25, 0.3) is 39.2 Å². The zero-order valence-electron chi connectivity index (χ0n) is 29.5. The van der Waals surface area contributed by atoms with Gasteiger partial charge in [0.2, 0.25) is 0 Å². The quantitative estimate of drug-likeness (QED) is 0.175. The van der Waals surface area contributed by atoms with E-state index in [0.717, 1.165) is 12.8 Å². The highest BCUT2D eigenvalue weighted by Gasteiger charge is 2.68. The summed E-state index contributed by atoms with van der Waals surface area (Å²) in [7, 11) is 0. The predicted molar refractivity (Wildman–Crippen MR) is 207 cm³/mol. The minimum atomic E-state index is -0.357. The topological polar surface area (TPSA) is 15.3 Å². The summed E-state index contributed by atoms with van der Waals surface area (Å²) in [4.78, 5) is 5.47. The normalized spacial score (nSPS) is 19.4. The van der Waals surface area contributed by atoms with Gasteiger partial charge in [-0.25, -0.2) is 4.57 Å². The smallest absolute Gasteiger partial charge is 0.296 e. The molecular formula is C47H39N4+. The van der Waals surface area contributed by atoms with E-state index in [1.165, 1.54) is 95.4 Å². The molecule has 12 rings (SSSR count). The maximum absolute atomic E-state index is 2.83. The Morgan fingerprint density at radius 2 is 1.24 bits per heavy atom. The van der Waals surface area contributed by atoms with Crippen molar-refractivity contribution >= 4 is 33.8 Å². The minimum absolute atomic E-state index is 0.0658. The maximum Gasteiger partial charge on any atom is 0.296 e. The summed E-state index contributed by atoms with van der Waals surface area (Å²) >= 11 is 0. The molecule has 0 saturated heterocycles. The fourth-order valence-electron chi connectivity index (χ4n) is 10.9. The minimum Gasteiger partial charge on any atom is -0.313 e. The first-order valence-electron chi connectivity index (χ1n) is 18.7. The molecule has 4 nitrogen and oxygen atoms in total. The molecule has 1 spiro atoms. The average Bonchev–Trinajstić information content (AvgIpc) is 3.88. The van der Waals surface area contributed by atoms with Crippen molar-refractivity contribution < 1.29 is 4.57 Å². The van der Waals surface area contributed by atoms with Crippen LogP contribution in [0.1, 0.15) is 72.9 Å². The Balaban J connectivity index is 1.29. The first kappa shape index (κ1) is 28.1. The van der Waals surface area contributed by atoms with Gasteiger partial charge in [-0.05, 0) is 70.0 Å². The summed E-state index contributed by atoms with van der Waals surface area (Å²) in [6, 6.07) is 46.5. The number of rotatable bonds is 3. The standard InChI is InChI=1S/C47H39N4/c1-27(2)31-17-11-18-32(28(3)4)42(31)49-41-22-12-21-40-44(41)51-45(49)34-16-8-6-14-30(34)26-47(51)37-24-23-35-33-15-7-5-13-29(33)25-36(35)43(37)50-39-20-10-9-19-38(39)48(40)46(47)50/h5-24,27-28,46H,25-26H2,1-4H3/q+1. The zero-order chi connectivity index (χ0) is 33.9. The first-order chi connectivity index (χ1) is 25.0. The van der Waals surface area contributed by atoms with Gasteiger partial charge in [0.05, 0.1) is 28.3 Å². The van der Waals surface area contributed by atoms with Crippen LogP contribution in [0.3, 0.4) is 0 Å².